The molecule has 1 aliphatic rings. The van der Waals surface area contributed by atoms with E-state index >= 15 is 0 Å². The molecule has 1 aromatic heterocycles. The van der Waals surface area contributed by atoms with E-state index in [1.54, 1.807) is 16.8 Å². The number of nitrogens with zero attached hydrogens (tertiary/aromatic N) is 4. The number of tetrazole rings is 1. The Morgan fingerprint density at radius 3 is 2.74 bits per heavy atom. The van der Waals surface area contributed by atoms with E-state index in [0.29, 0.717) is 16.6 Å². The van der Waals surface area contributed by atoms with Crippen molar-refractivity contribution in [1.29, 1.82) is 0 Å². The van der Waals surface area contributed by atoms with Crippen molar-refractivity contribution in [3.05, 3.63) is 29.0 Å². The van der Waals surface area contributed by atoms with E-state index in [9.17, 15) is 0 Å². The standard InChI is InChI=1S/C13H16ClN5/c14-11-8-10(6-7-12(11)15)19-13(16-17-18-19)9-4-2-1-3-5-9/h6-9H,1-5,15H2. The molecule has 0 amide bonds. The first-order valence-electron chi connectivity index (χ1n) is 6.59. The van der Waals surface area contributed by atoms with Crippen molar-refractivity contribution >= 4 is 17.3 Å². The zero-order valence-electron chi connectivity index (χ0n) is 10.6. The van der Waals surface area contributed by atoms with Gasteiger partial charge in [0, 0.05) is 5.92 Å². The molecule has 1 aromatic carbocycles. The molecule has 5 nitrogen and oxygen atoms in total. The van der Waals surface area contributed by atoms with Crippen LogP contribution in [-0.2, 0) is 0 Å². The normalized spacial score (nSPS) is 16.7. The molecule has 1 heterocycles. The number of halogens is 1. The minimum Gasteiger partial charge on any atom is -0.398 e. The molecule has 6 heteroatoms. The van der Waals surface area contributed by atoms with Crippen LogP contribution in [-0.4, -0.2) is 20.2 Å². The molecule has 1 aliphatic carbocycles. The van der Waals surface area contributed by atoms with Crippen molar-refractivity contribution in [2.24, 2.45) is 0 Å². The van der Waals surface area contributed by atoms with E-state index in [-0.39, 0.29) is 0 Å². The third kappa shape index (κ3) is 2.42. The Balaban J connectivity index is 1.96. The number of aromatic nitrogens is 4. The van der Waals surface area contributed by atoms with E-state index in [1.165, 1.54) is 19.3 Å². The smallest absolute Gasteiger partial charge is 0.159 e. The van der Waals surface area contributed by atoms with Crippen molar-refractivity contribution in [2.75, 3.05) is 5.73 Å². The van der Waals surface area contributed by atoms with Crippen molar-refractivity contribution in [2.45, 2.75) is 38.0 Å². The molecule has 2 N–H and O–H groups in total. The molecule has 1 saturated carbocycles. The maximum atomic E-state index is 6.06. The number of nitrogens with two attached hydrogens (primary N) is 1. The van der Waals surface area contributed by atoms with Gasteiger partial charge < -0.3 is 5.73 Å². The molecule has 3 rings (SSSR count). The predicted molar refractivity (Wildman–Crippen MR) is 74.4 cm³/mol. The summed E-state index contributed by atoms with van der Waals surface area (Å²) < 4.78 is 1.78. The first-order valence-corrected chi connectivity index (χ1v) is 6.97. The Labute approximate surface area is 116 Å². The second-order valence-electron chi connectivity index (χ2n) is 4.99. The molecule has 100 valence electrons. The van der Waals surface area contributed by atoms with Gasteiger partial charge in [0.2, 0.25) is 0 Å². The van der Waals surface area contributed by atoms with Gasteiger partial charge in [-0.25, -0.2) is 0 Å². The van der Waals surface area contributed by atoms with Gasteiger partial charge in [0.15, 0.2) is 5.82 Å². The summed E-state index contributed by atoms with van der Waals surface area (Å²) >= 11 is 6.06. The molecule has 0 saturated heterocycles. The lowest BCUT2D eigenvalue weighted by atomic mass is 9.89. The number of hydrogen-bond acceptors (Lipinski definition) is 4. The lowest BCUT2D eigenvalue weighted by molar-refractivity contribution is 0.422. The van der Waals surface area contributed by atoms with E-state index < -0.39 is 0 Å². The van der Waals surface area contributed by atoms with Crippen LogP contribution >= 0.6 is 11.6 Å². The molecule has 0 bridgehead atoms. The maximum absolute atomic E-state index is 6.06. The van der Waals surface area contributed by atoms with Gasteiger partial charge in [-0.2, -0.15) is 4.68 Å². The highest BCUT2D eigenvalue weighted by Gasteiger charge is 2.22. The molecule has 0 atom stereocenters. The Morgan fingerprint density at radius 2 is 2.00 bits per heavy atom. The zero-order valence-corrected chi connectivity index (χ0v) is 11.3. The van der Waals surface area contributed by atoms with Crippen LogP contribution in [0.1, 0.15) is 43.8 Å². The topological polar surface area (TPSA) is 69.6 Å². The van der Waals surface area contributed by atoms with Gasteiger partial charge in [-0.05, 0) is 41.5 Å². The van der Waals surface area contributed by atoms with Gasteiger partial charge in [0.1, 0.15) is 0 Å². The fraction of sp³-hybridized carbons (Fsp3) is 0.462. The van der Waals surface area contributed by atoms with Gasteiger partial charge in [0.05, 0.1) is 16.4 Å². The van der Waals surface area contributed by atoms with Crippen molar-refractivity contribution in [3.8, 4) is 5.69 Å². The van der Waals surface area contributed by atoms with E-state index in [0.717, 1.165) is 24.4 Å². The Bertz CT molecular complexity index is 574. The SMILES string of the molecule is Nc1ccc(-n2nnnc2C2CCCCC2)cc1Cl. The van der Waals surface area contributed by atoms with Gasteiger partial charge in [-0.1, -0.05) is 30.9 Å². The quantitative estimate of drug-likeness (QED) is 0.857. The summed E-state index contributed by atoms with van der Waals surface area (Å²) in [6.07, 6.45) is 6.12. The third-order valence-corrected chi connectivity index (χ3v) is 4.02. The average Bonchev–Trinajstić information content (AvgIpc) is 2.92. The van der Waals surface area contributed by atoms with Crippen molar-refractivity contribution < 1.29 is 0 Å². The molecule has 1 fully saturated rings. The predicted octanol–water partition coefficient (Wildman–Crippen LogP) is 2.95. The molecular weight excluding hydrogens is 262 g/mol. The summed E-state index contributed by atoms with van der Waals surface area (Å²) in [5.74, 6) is 1.38. The number of hydrogen-bond donors (Lipinski definition) is 1. The molecule has 0 aliphatic heterocycles. The summed E-state index contributed by atoms with van der Waals surface area (Å²) in [5.41, 5.74) is 7.16. The minimum absolute atomic E-state index is 0.445. The zero-order chi connectivity index (χ0) is 13.2. The first-order chi connectivity index (χ1) is 9.25. The van der Waals surface area contributed by atoms with Gasteiger partial charge in [0.25, 0.3) is 0 Å². The fourth-order valence-corrected chi connectivity index (χ4v) is 2.82. The fourth-order valence-electron chi connectivity index (χ4n) is 2.64. The molecule has 2 aromatic rings. The van der Waals surface area contributed by atoms with Gasteiger partial charge in [-0.3, -0.25) is 0 Å². The Hall–Kier alpha value is -1.62. The van der Waals surface area contributed by atoms with Crippen LogP contribution in [0.25, 0.3) is 5.69 Å². The second-order valence-corrected chi connectivity index (χ2v) is 5.40. The van der Waals surface area contributed by atoms with E-state index in [1.807, 2.05) is 6.07 Å². The highest BCUT2D eigenvalue weighted by Crippen LogP contribution is 2.32. The molecule has 0 unspecified atom stereocenters. The van der Waals surface area contributed by atoms with Gasteiger partial charge in [-0.15, -0.1) is 5.10 Å². The summed E-state index contributed by atoms with van der Waals surface area (Å²) in [5, 5.41) is 12.6. The number of rotatable bonds is 2. The maximum Gasteiger partial charge on any atom is 0.159 e. The molecular formula is C13H16ClN5. The first kappa shape index (κ1) is 12.4. The van der Waals surface area contributed by atoms with Crippen molar-refractivity contribution in [3.63, 3.8) is 0 Å². The third-order valence-electron chi connectivity index (χ3n) is 3.69. The van der Waals surface area contributed by atoms with Crippen LogP contribution in [0, 0.1) is 0 Å². The summed E-state index contributed by atoms with van der Waals surface area (Å²) in [4.78, 5) is 0. The molecule has 0 spiro atoms. The van der Waals surface area contributed by atoms with Crippen LogP contribution in [0.3, 0.4) is 0 Å². The summed E-state index contributed by atoms with van der Waals surface area (Å²) in [6.45, 7) is 0. The van der Waals surface area contributed by atoms with E-state index in [2.05, 4.69) is 15.5 Å². The molecule has 0 radical (unpaired) electrons. The number of anilines is 1. The van der Waals surface area contributed by atoms with E-state index in [4.69, 9.17) is 17.3 Å². The number of nitrogen functional groups attached to an aromatic ring is 1. The Morgan fingerprint density at radius 1 is 1.21 bits per heavy atom. The van der Waals surface area contributed by atoms with Crippen molar-refractivity contribution in [1.82, 2.24) is 20.2 Å². The van der Waals surface area contributed by atoms with Gasteiger partial charge >= 0.3 is 0 Å². The summed E-state index contributed by atoms with van der Waals surface area (Å²) in [7, 11) is 0. The highest BCUT2D eigenvalue weighted by molar-refractivity contribution is 6.33. The highest BCUT2D eigenvalue weighted by atomic mass is 35.5. The Kier molecular flexibility index (Phi) is 3.38. The molecule has 19 heavy (non-hydrogen) atoms. The largest absolute Gasteiger partial charge is 0.398 e. The number of benzene rings is 1. The lowest BCUT2D eigenvalue weighted by Crippen LogP contribution is -2.12. The monoisotopic (exact) mass is 277 g/mol. The second kappa shape index (κ2) is 5.17. The lowest BCUT2D eigenvalue weighted by Gasteiger charge is -2.20. The van der Waals surface area contributed by atoms with Crippen LogP contribution in [0.5, 0.6) is 0 Å². The average molecular weight is 278 g/mol. The van der Waals surface area contributed by atoms with Crippen LogP contribution in [0.2, 0.25) is 5.02 Å². The van der Waals surface area contributed by atoms with Crippen LogP contribution < -0.4 is 5.73 Å². The summed E-state index contributed by atoms with van der Waals surface area (Å²) in [6, 6.07) is 5.48. The minimum atomic E-state index is 0.445. The van der Waals surface area contributed by atoms with Crippen LogP contribution in [0.15, 0.2) is 18.2 Å². The van der Waals surface area contributed by atoms with Crippen LogP contribution in [0.4, 0.5) is 5.69 Å².